The van der Waals surface area contributed by atoms with E-state index in [-0.39, 0.29) is 18.0 Å². The van der Waals surface area contributed by atoms with Crippen LogP contribution in [0.3, 0.4) is 0 Å². The van der Waals surface area contributed by atoms with Crippen molar-refractivity contribution in [2.45, 2.75) is 6.42 Å². The van der Waals surface area contributed by atoms with E-state index in [0.29, 0.717) is 13.0 Å². The van der Waals surface area contributed by atoms with Gasteiger partial charge in [0.05, 0.1) is 12.0 Å². The number of carbonyl (C=O) groups is 2. The molecule has 0 saturated heterocycles. The first-order valence-corrected chi connectivity index (χ1v) is 7.08. The minimum absolute atomic E-state index is 0.00986. The van der Waals surface area contributed by atoms with Crippen molar-refractivity contribution in [3.05, 3.63) is 65.5 Å². The van der Waals surface area contributed by atoms with Crippen molar-refractivity contribution in [1.29, 1.82) is 0 Å². The molecule has 1 aliphatic heterocycles. The summed E-state index contributed by atoms with van der Waals surface area (Å²) < 4.78 is 13.5. The van der Waals surface area contributed by atoms with Gasteiger partial charge < -0.3 is 10.2 Å². The highest BCUT2D eigenvalue weighted by molar-refractivity contribution is 6.01. The van der Waals surface area contributed by atoms with Crippen LogP contribution in [0.4, 0.5) is 10.1 Å². The number of nitrogens with zero attached hydrogens (tertiary/aromatic N) is 1. The molecule has 0 aliphatic carbocycles. The van der Waals surface area contributed by atoms with Gasteiger partial charge in [0, 0.05) is 18.8 Å². The number of anilines is 1. The number of hydrogen-bond donors (Lipinski definition) is 1. The van der Waals surface area contributed by atoms with E-state index < -0.39 is 11.7 Å². The van der Waals surface area contributed by atoms with Gasteiger partial charge in [0.2, 0.25) is 5.91 Å². The van der Waals surface area contributed by atoms with E-state index in [1.165, 1.54) is 18.2 Å². The Labute approximate surface area is 127 Å². The molecule has 0 radical (unpaired) electrons. The maximum Gasteiger partial charge on any atom is 0.254 e. The molecule has 1 aliphatic rings. The first-order chi connectivity index (χ1) is 10.7. The monoisotopic (exact) mass is 298 g/mol. The Bertz CT molecular complexity index is 730. The van der Waals surface area contributed by atoms with Gasteiger partial charge in [-0.1, -0.05) is 30.3 Å². The number of carbonyl (C=O) groups excluding carboxylic acids is 2. The number of fused-ring (bicyclic) bond motifs is 1. The van der Waals surface area contributed by atoms with Crippen LogP contribution in [0.2, 0.25) is 0 Å². The van der Waals surface area contributed by atoms with Crippen molar-refractivity contribution in [1.82, 2.24) is 5.32 Å². The van der Waals surface area contributed by atoms with E-state index in [0.717, 1.165) is 11.3 Å². The highest BCUT2D eigenvalue weighted by Gasteiger charge is 2.26. The molecule has 22 heavy (non-hydrogen) atoms. The SMILES string of the molecule is O=C(NCCN1C(=O)Cc2ccccc21)c1ccccc1F. The third kappa shape index (κ3) is 2.70. The van der Waals surface area contributed by atoms with Gasteiger partial charge in [0.15, 0.2) is 0 Å². The lowest BCUT2D eigenvalue weighted by Gasteiger charge is -2.17. The third-order valence-corrected chi connectivity index (χ3v) is 3.66. The second kappa shape index (κ2) is 5.97. The maximum absolute atomic E-state index is 13.5. The summed E-state index contributed by atoms with van der Waals surface area (Å²) >= 11 is 0. The van der Waals surface area contributed by atoms with Crippen LogP contribution >= 0.6 is 0 Å². The second-order valence-electron chi connectivity index (χ2n) is 5.09. The van der Waals surface area contributed by atoms with Crippen LogP contribution < -0.4 is 10.2 Å². The van der Waals surface area contributed by atoms with Gasteiger partial charge in [0.1, 0.15) is 5.82 Å². The van der Waals surface area contributed by atoms with Gasteiger partial charge >= 0.3 is 0 Å². The Morgan fingerprint density at radius 1 is 1.14 bits per heavy atom. The van der Waals surface area contributed by atoms with E-state index >= 15 is 0 Å². The van der Waals surface area contributed by atoms with Gasteiger partial charge in [0.25, 0.3) is 5.91 Å². The molecule has 4 nitrogen and oxygen atoms in total. The molecule has 112 valence electrons. The Morgan fingerprint density at radius 3 is 2.68 bits per heavy atom. The predicted molar refractivity (Wildman–Crippen MR) is 81.2 cm³/mol. The van der Waals surface area contributed by atoms with E-state index in [1.54, 1.807) is 11.0 Å². The topological polar surface area (TPSA) is 49.4 Å². The smallest absolute Gasteiger partial charge is 0.254 e. The molecule has 2 amide bonds. The van der Waals surface area contributed by atoms with Gasteiger partial charge in [-0.25, -0.2) is 4.39 Å². The fraction of sp³-hybridized carbons (Fsp3) is 0.176. The van der Waals surface area contributed by atoms with Crippen LogP contribution in [0.15, 0.2) is 48.5 Å². The molecule has 3 rings (SSSR count). The molecule has 0 atom stereocenters. The summed E-state index contributed by atoms with van der Waals surface area (Å²) in [5.41, 5.74) is 1.89. The Balaban J connectivity index is 1.61. The Hall–Kier alpha value is -2.69. The number of amides is 2. The summed E-state index contributed by atoms with van der Waals surface area (Å²) in [6, 6.07) is 13.4. The normalized spacial score (nSPS) is 13.1. The molecular formula is C17H15FN2O2. The summed E-state index contributed by atoms with van der Waals surface area (Å²) in [6.07, 6.45) is 0.386. The van der Waals surface area contributed by atoms with Crippen LogP contribution in [0, 0.1) is 5.82 Å². The summed E-state index contributed by atoms with van der Waals surface area (Å²) in [4.78, 5) is 25.5. The highest BCUT2D eigenvalue weighted by atomic mass is 19.1. The molecule has 5 heteroatoms. The van der Waals surface area contributed by atoms with E-state index in [4.69, 9.17) is 0 Å². The molecule has 0 spiro atoms. The van der Waals surface area contributed by atoms with E-state index in [1.807, 2.05) is 24.3 Å². The Morgan fingerprint density at radius 2 is 1.86 bits per heavy atom. The largest absolute Gasteiger partial charge is 0.350 e. The molecule has 1 heterocycles. The minimum atomic E-state index is -0.553. The zero-order chi connectivity index (χ0) is 15.5. The van der Waals surface area contributed by atoms with Crippen molar-refractivity contribution < 1.29 is 14.0 Å². The van der Waals surface area contributed by atoms with Crippen LogP contribution in [-0.2, 0) is 11.2 Å². The average molecular weight is 298 g/mol. The zero-order valence-corrected chi connectivity index (χ0v) is 11.9. The molecular weight excluding hydrogens is 283 g/mol. The second-order valence-corrected chi connectivity index (χ2v) is 5.09. The standard InChI is InChI=1S/C17H15FN2O2/c18-14-7-3-2-6-13(14)17(22)19-9-10-20-15-8-4-1-5-12(15)11-16(20)21/h1-8H,9-11H2,(H,19,22). The molecule has 2 aromatic carbocycles. The summed E-state index contributed by atoms with van der Waals surface area (Å²) in [6.45, 7) is 0.642. The van der Waals surface area contributed by atoms with Crippen molar-refractivity contribution in [2.24, 2.45) is 0 Å². The number of para-hydroxylation sites is 1. The summed E-state index contributed by atoms with van der Waals surface area (Å²) in [7, 11) is 0. The number of hydrogen-bond acceptors (Lipinski definition) is 2. The van der Waals surface area contributed by atoms with Crippen LogP contribution in [0.25, 0.3) is 0 Å². The van der Waals surface area contributed by atoms with E-state index in [9.17, 15) is 14.0 Å². The van der Waals surface area contributed by atoms with Crippen molar-refractivity contribution >= 4 is 17.5 Å². The van der Waals surface area contributed by atoms with Gasteiger partial charge in [-0.2, -0.15) is 0 Å². The van der Waals surface area contributed by atoms with Crippen LogP contribution in [-0.4, -0.2) is 24.9 Å². The fourth-order valence-corrected chi connectivity index (χ4v) is 2.58. The average Bonchev–Trinajstić information content (AvgIpc) is 2.83. The molecule has 1 N–H and O–H groups in total. The molecule has 0 bridgehead atoms. The maximum atomic E-state index is 13.5. The number of benzene rings is 2. The van der Waals surface area contributed by atoms with Crippen molar-refractivity contribution in [3.8, 4) is 0 Å². The number of halogens is 1. The van der Waals surface area contributed by atoms with Crippen LogP contribution in [0.5, 0.6) is 0 Å². The highest BCUT2D eigenvalue weighted by Crippen LogP contribution is 2.27. The zero-order valence-electron chi connectivity index (χ0n) is 11.9. The van der Waals surface area contributed by atoms with E-state index in [2.05, 4.69) is 5.32 Å². The van der Waals surface area contributed by atoms with Gasteiger partial charge in [-0.05, 0) is 23.8 Å². The first kappa shape index (κ1) is 14.3. The molecule has 0 aromatic heterocycles. The quantitative estimate of drug-likeness (QED) is 0.940. The predicted octanol–water partition coefficient (Wildman–Crippen LogP) is 2.14. The molecule has 0 unspecified atom stereocenters. The van der Waals surface area contributed by atoms with Crippen molar-refractivity contribution in [3.63, 3.8) is 0 Å². The first-order valence-electron chi connectivity index (χ1n) is 7.08. The lowest BCUT2D eigenvalue weighted by Crippen LogP contribution is -2.36. The summed E-state index contributed by atoms with van der Waals surface area (Å²) in [5, 5.41) is 2.65. The minimum Gasteiger partial charge on any atom is -0.350 e. The molecule has 0 fully saturated rings. The third-order valence-electron chi connectivity index (χ3n) is 3.66. The molecule has 0 saturated carbocycles. The molecule has 2 aromatic rings. The van der Waals surface area contributed by atoms with Gasteiger partial charge in [-0.3, -0.25) is 9.59 Å². The number of rotatable bonds is 4. The Kier molecular flexibility index (Phi) is 3.87. The van der Waals surface area contributed by atoms with Crippen molar-refractivity contribution in [2.75, 3.05) is 18.0 Å². The lowest BCUT2D eigenvalue weighted by atomic mass is 10.2. The van der Waals surface area contributed by atoms with Crippen LogP contribution in [0.1, 0.15) is 15.9 Å². The van der Waals surface area contributed by atoms with Gasteiger partial charge in [-0.15, -0.1) is 0 Å². The fourth-order valence-electron chi connectivity index (χ4n) is 2.58. The summed E-state index contributed by atoms with van der Waals surface area (Å²) in [5.74, 6) is -1.01. The lowest BCUT2D eigenvalue weighted by molar-refractivity contribution is -0.117. The number of nitrogens with one attached hydrogen (secondary N) is 1.